The lowest BCUT2D eigenvalue weighted by atomic mass is 9.99. The van der Waals surface area contributed by atoms with Crippen LogP contribution in [0.25, 0.3) is 10.9 Å². The molecule has 2 aliphatic rings. The number of aromatic nitrogens is 1. The molecule has 1 aliphatic heterocycles. The molecule has 4 N–H and O–H groups in total. The van der Waals surface area contributed by atoms with Crippen molar-refractivity contribution in [1.29, 1.82) is 10.5 Å². The Morgan fingerprint density at radius 2 is 1.84 bits per heavy atom. The lowest BCUT2D eigenvalue weighted by molar-refractivity contribution is 0.260. The number of halogens is 2. The van der Waals surface area contributed by atoms with E-state index in [1.165, 1.54) is 18.3 Å². The first-order valence-corrected chi connectivity index (χ1v) is 14.7. The molecule has 3 aromatic carbocycles. The summed E-state index contributed by atoms with van der Waals surface area (Å²) < 4.78 is 13.9. The fraction of sp³-hybridized carbons (Fsp3) is 0.242. The van der Waals surface area contributed by atoms with Crippen LogP contribution in [0, 0.1) is 28.5 Å². The third kappa shape index (κ3) is 6.34. The minimum atomic E-state index is -0.350. The van der Waals surface area contributed by atoms with Crippen molar-refractivity contribution in [3.63, 3.8) is 0 Å². The van der Waals surface area contributed by atoms with Gasteiger partial charge < -0.3 is 16.1 Å². The van der Waals surface area contributed by atoms with Crippen LogP contribution in [-0.2, 0) is 0 Å². The van der Waals surface area contributed by atoms with Gasteiger partial charge in [-0.1, -0.05) is 54.1 Å². The average molecular weight is 593 g/mol. The van der Waals surface area contributed by atoms with Gasteiger partial charge in [0.05, 0.1) is 45.6 Å². The number of hydrogen-bond acceptors (Lipinski definition) is 8. The van der Waals surface area contributed by atoms with Crippen LogP contribution < -0.4 is 21.6 Å². The van der Waals surface area contributed by atoms with Gasteiger partial charge in [0.25, 0.3) is 0 Å². The molecule has 4 aromatic rings. The fourth-order valence-electron chi connectivity index (χ4n) is 5.35. The van der Waals surface area contributed by atoms with Gasteiger partial charge in [-0.05, 0) is 61.1 Å². The van der Waals surface area contributed by atoms with Crippen LogP contribution in [0.3, 0.4) is 0 Å². The highest BCUT2D eigenvalue weighted by Crippen LogP contribution is 2.38. The van der Waals surface area contributed by atoms with Crippen molar-refractivity contribution in [2.24, 2.45) is 0 Å². The van der Waals surface area contributed by atoms with Crippen molar-refractivity contribution >= 4 is 33.9 Å². The third-order valence-corrected chi connectivity index (χ3v) is 8.01. The van der Waals surface area contributed by atoms with E-state index in [1.54, 1.807) is 12.1 Å². The van der Waals surface area contributed by atoms with Gasteiger partial charge in [-0.2, -0.15) is 10.5 Å². The van der Waals surface area contributed by atoms with Gasteiger partial charge in [0.1, 0.15) is 11.9 Å². The average Bonchev–Trinajstić information content (AvgIpc) is 3.77. The van der Waals surface area contributed by atoms with E-state index in [9.17, 15) is 9.65 Å². The number of hydrazine groups is 2. The summed E-state index contributed by atoms with van der Waals surface area (Å²) in [6, 6.07) is 24.6. The minimum Gasteiger partial charge on any atom is -0.377 e. The SMILES string of the molecule is N#CCCCC(Nc1c(C#N)cnc2c(Cl)cc(N[C@H](C3=CN(C4CC4)NN3)c3ccc(F)cc3)cc12)c1ccccc1. The highest BCUT2D eigenvalue weighted by Gasteiger charge is 2.32. The maximum Gasteiger partial charge on any atom is 0.123 e. The van der Waals surface area contributed by atoms with Crippen molar-refractivity contribution in [1.82, 2.24) is 21.0 Å². The van der Waals surface area contributed by atoms with E-state index in [0.717, 1.165) is 29.7 Å². The van der Waals surface area contributed by atoms with Gasteiger partial charge in [-0.15, -0.1) is 5.53 Å². The van der Waals surface area contributed by atoms with Crippen molar-refractivity contribution in [3.05, 3.63) is 112 Å². The topological polar surface area (TPSA) is 112 Å². The molecule has 1 aliphatic carbocycles. The Kier molecular flexibility index (Phi) is 8.28. The summed E-state index contributed by atoms with van der Waals surface area (Å²) in [6.07, 6.45) is 7.66. The van der Waals surface area contributed by atoms with Gasteiger partial charge in [0.15, 0.2) is 0 Å². The molecule has 0 saturated heterocycles. The Hall–Kier alpha value is -4.83. The number of hydrogen-bond donors (Lipinski definition) is 4. The predicted octanol–water partition coefficient (Wildman–Crippen LogP) is 7.23. The number of benzene rings is 3. The Morgan fingerprint density at radius 3 is 2.56 bits per heavy atom. The standard InChI is InChI=1S/C33H30ClFN8/c34-28-17-25(39-32(22-9-11-24(35)12-10-22)30-20-43(42-41-30)26-13-14-26)16-27-31(23(18-37)19-38-33(27)28)40-29(8-4-5-15-36)21-6-2-1-3-7-21/h1-3,6-7,9-12,16-17,19-20,26,29,32,39,41-42H,4-5,8,13-14H2,(H,38,40)/t29?,32-/m0/s1. The molecule has 0 bridgehead atoms. The molecule has 2 heterocycles. The lowest BCUT2D eigenvalue weighted by Crippen LogP contribution is -2.38. The summed E-state index contributed by atoms with van der Waals surface area (Å²) in [5, 5.41) is 29.6. The Balaban J connectivity index is 1.40. The van der Waals surface area contributed by atoms with Crippen molar-refractivity contribution in [3.8, 4) is 12.1 Å². The molecule has 10 heteroatoms. The quantitative estimate of drug-likeness (QED) is 0.135. The second-order valence-electron chi connectivity index (χ2n) is 10.8. The maximum atomic E-state index is 13.9. The van der Waals surface area contributed by atoms with E-state index in [1.807, 2.05) is 48.7 Å². The molecule has 0 radical (unpaired) electrons. The Morgan fingerprint density at radius 1 is 1.05 bits per heavy atom. The molecule has 216 valence electrons. The molecule has 43 heavy (non-hydrogen) atoms. The van der Waals surface area contributed by atoms with Crippen LogP contribution in [-0.4, -0.2) is 16.0 Å². The molecular formula is C33H30ClFN8. The molecule has 0 spiro atoms. The molecule has 1 saturated carbocycles. The third-order valence-electron chi connectivity index (χ3n) is 7.72. The van der Waals surface area contributed by atoms with Gasteiger partial charge >= 0.3 is 0 Å². The van der Waals surface area contributed by atoms with Crippen molar-refractivity contribution < 1.29 is 4.39 Å². The number of nitriles is 2. The summed E-state index contributed by atoms with van der Waals surface area (Å²) in [6.45, 7) is 0. The van der Waals surface area contributed by atoms with Gasteiger partial charge in [-0.25, -0.2) is 4.39 Å². The normalized spacial score (nSPS) is 15.6. The second kappa shape index (κ2) is 12.6. The monoisotopic (exact) mass is 592 g/mol. The number of nitrogens with zero attached hydrogens (tertiary/aromatic N) is 4. The molecular weight excluding hydrogens is 563 g/mol. The number of rotatable bonds is 11. The Bertz CT molecular complexity index is 1720. The van der Waals surface area contributed by atoms with Crippen LogP contribution in [0.4, 0.5) is 15.8 Å². The van der Waals surface area contributed by atoms with Gasteiger partial charge in [0, 0.05) is 35.9 Å². The summed E-state index contributed by atoms with van der Waals surface area (Å²) in [5.41, 5.74) is 11.6. The van der Waals surface area contributed by atoms with E-state index in [2.05, 4.69) is 43.7 Å². The molecule has 2 atom stereocenters. The largest absolute Gasteiger partial charge is 0.377 e. The molecule has 0 amide bonds. The number of nitrogens with one attached hydrogen (secondary N) is 4. The highest BCUT2D eigenvalue weighted by atomic mass is 35.5. The van der Waals surface area contributed by atoms with Crippen LogP contribution in [0.15, 0.2) is 84.8 Å². The summed E-state index contributed by atoms with van der Waals surface area (Å²) >= 11 is 6.82. The second-order valence-corrected chi connectivity index (χ2v) is 11.2. The summed E-state index contributed by atoms with van der Waals surface area (Å²) in [5.74, 6) is -0.309. The van der Waals surface area contributed by atoms with E-state index < -0.39 is 0 Å². The summed E-state index contributed by atoms with van der Waals surface area (Å²) in [7, 11) is 0. The highest BCUT2D eigenvalue weighted by molar-refractivity contribution is 6.35. The fourth-order valence-corrected chi connectivity index (χ4v) is 5.62. The molecule has 1 aromatic heterocycles. The van der Waals surface area contributed by atoms with Gasteiger partial charge in [-0.3, -0.25) is 9.99 Å². The predicted molar refractivity (Wildman–Crippen MR) is 166 cm³/mol. The minimum absolute atomic E-state index is 0.137. The number of fused-ring (bicyclic) bond motifs is 1. The van der Waals surface area contributed by atoms with E-state index in [4.69, 9.17) is 16.9 Å². The van der Waals surface area contributed by atoms with Crippen molar-refractivity contribution in [2.75, 3.05) is 10.6 Å². The van der Waals surface area contributed by atoms with E-state index in [0.29, 0.717) is 58.2 Å². The number of unbranched alkanes of at least 4 members (excludes halogenated alkanes) is 1. The Labute approximate surface area is 254 Å². The van der Waals surface area contributed by atoms with Crippen LogP contribution in [0.1, 0.15) is 60.9 Å². The summed E-state index contributed by atoms with van der Waals surface area (Å²) in [4.78, 5) is 4.52. The van der Waals surface area contributed by atoms with Crippen LogP contribution >= 0.6 is 11.6 Å². The first-order valence-electron chi connectivity index (χ1n) is 14.3. The molecule has 1 fully saturated rings. The molecule has 1 unspecified atom stereocenters. The maximum absolute atomic E-state index is 13.9. The lowest BCUT2D eigenvalue weighted by Gasteiger charge is -2.24. The van der Waals surface area contributed by atoms with Crippen molar-refractivity contribution in [2.45, 2.75) is 50.2 Å². The van der Waals surface area contributed by atoms with Gasteiger partial charge in [0.2, 0.25) is 0 Å². The van der Waals surface area contributed by atoms with E-state index >= 15 is 0 Å². The first-order chi connectivity index (χ1) is 21.0. The zero-order valence-corrected chi connectivity index (χ0v) is 24.1. The number of anilines is 2. The van der Waals surface area contributed by atoms with Crippen LogP contribution in [0.2, 0.25) is 5.02 Å². The smallest absolute Gasteiger partial charge is 0.123 e. The zero-order valence-electron chi connectivity index (χ0n) is 23.3. The molecule has 6 rings (SSSR count). The first kappa shape index (κ1) is 28.3. The number of pyridine rings is 1. The molecule has 8 nitrogen and oxygen atoms in total. The van der Waals surface area contributed by atoms with Crippen LogP contribution in [0.5, 0.6) is 0 Å². The van der Waals surface area contributed by atoms with E-state index in [-0.39, 0.29) is 17.9 Å². The zero-order chi connectivity index (χ0) is 29.8.